The molecule has 142 valence electrons. The van der Waals surface area contributed by atoms with Crippen LogP contribution in [-0.4, -0.2) is 37.0 Å². The van der Waals surface area contributed by atoms with Gasteiger partial charge in [0.2, 0.25) is 0 Å². The predicted molar refractivity (Wildman–Crippen MR) is 108 cm³/mol. The van der Waals surface area contributed by atoms with Crippen LogP contribution in [0.5, 0.6) is 0 Å². The van der Waals surface area contributed by atoms with E-state index >= 15 is 0 Å². The van der Waals surface area contributed by atoms with Gasteiger partial charge >= 0.3 is 0 Å². The van der Waals surface area contributed by atoms with Crippen LogP contribution in [0.4, 0.5) is 11.4 Å². The van der Waals surface area contributed by atoms with E-state index in [-0.39, 0.29) is 11.5 Å². The van der Waals surface area contributed by atoms with Gasteiger partial charge in [-0.15, -0.1) is 0 Å². The number of ketones is 1. The second kappa shape index (κ2) is 8.98. The first kappa shape index (κ1) is 19.3. The number of nitro benzene ring substituents is 1. The molecular formula is C22H20N2O4. The van der Waals surface area contributed by atoms with Crippen LogP contribution in [0, 0.1) is 22.0 Å². The molecule has 0 spiro atoms. The zero-order chi connectivity index (χ0) is 19.9. The molecule has 0 atom stereocenters. The molecule has 2 aromatic rings. The largest absolute Gasteiger partial charge is 0.378 e. The quantitative estimate of drug-likeness (QED) is 0.354. The molecule has 1 saturated heterocycles. The molecule has 6 heteroatoms. The molecule has 0 amide bonds. The molecule has 1 fully saturated rings. The molecule has 0 saturated carbocycles. The summed E-state index contributed by atoms with van der Waals surface area (Å²) in [6.45, 7) is 4.44. The Morgan fingerprint density at radius 3 is 2.46 bits per heavy atom. The normalized spacial score (nSPS) is 14.2. The molecule has 0 unspecified atom stereocenters. The van der Waals surface area contributed by atoms with Crippen molar-refractivity contribution in [3.63, 3.8) is 0 Å². The first-order chi connectivity index (χ1) is 13.5. The minimum atomic E-state index is -0.458. The SMILES string of the molecule is CC(=O)/C(C#Cc1ccc([N+](=O)[O-])cc1)=C/c1ccccc1N1CCOCC1. The molecular weight excluding hydrogens is 356 g/mol. The van der Waals surface area contributed by atoms with Crippen molar-refractivity contribution < 1.29 is 14.5 Å². The fraction of sp³-hybridized carbons (Fsp3) is 0.227. The second-order valence-electron chi connectivity index (χ2n) is 6.33. The third kappa shape index (κ3) is 4.84. The Bertz CT molecular complexity index is 962. The Balaban J connectivity index is 1.90. The van der Waals surface area contributed by atoms with Gasteiger partial charge in [0.05, 0.1) is 23.7 Å². The standard InChI is InChI=1S/C22H20N2O4/c1-17(25)19(9-6-18-7-10-21(11-8-18)24(26)27)16-20-4-2-3-5-22(20)23-12-14-28-15-13-23/h2-5,7-8,10-11,16H,12-15H2,1H3/b19-16+. The van der Waals surface area contributed by atoms with E-state index in [1.165, 1.54) is 19.1 Å². The topological polar surface area (TPSA) is 72.7 Å². The van der Waals surface area contributed by atoms with Gasteiger partial charge in [0.25, 0.3) is 5.69 Å². The smallest absolute Gasteiger partial charge is 0.269 e. The van der Waals surface area contributed by atoms with Crippen molar-refractivity contribution in [1.82, 2.24) is 0 Å². The minimum absolute atomic E-state index is 0.00678. The molecule has 0 aliphatic carbocycles. The second-order valence-corrected chi connectivity index (χ2v) is 6.33. The summed E-state index contributed by atoms with van der Waals surface area (Å²) in [4.78, 5) is 24.6. The first-order valence-corrected chi connectivity index (χ1v) is 8.95. The maximum atomic E-state index is 12.1. The number of morpholine rings is 1. The van der Waals surface area contributed by atoms with Crippen LogP contribution < -0.4 is 4.90 Å². The number of hydrogen-bond donors (Lipinski definition) is 0. The van der Waals surface area contributed by atoms with Crippen molar-refractivity contribution >= 4 is 23.2 Å². The fourth-order valence-electron chi connectivity index (χ4n) is 2.89. The molecule has 0 radical (unpaired) electrons. The predicted octanol–water partition coefficient (Wildman–Crippen LogP) is 3.46. The van der Waals surface area contributed by atoms with E-state index in [1.807, 2.05) is 24.3 Å². The number of hydrogen-bond acceptors (Lipinski definition) is 5. The summed E-state index contributed by atoms with van der Waals surface area (Å²) in [5.41, 5.74) is 2.97. The van der Waals surface area contributed by atoms with Crippen molar-refractivity contribution in [3.05, 3.63) is 75.3 Å². The van der Waals surface area contributed by atoms with Gasteiger partial charge in [0, 0.05) is 36.5 Å². The van der Waals surface area contributed by atoms with Gasteiger partial charge in [-0.3, -0.25) is 14.9 Å². The number of anilines is 1. The molecule has 0 bridgehead atoms. The lowest BCUT2D eigenvalue weighted by Gasteiger charge is -2.30. The van der Waals surface area contributed by atoms with Crippen LogP contribution in [0.3, 0.4) is 0 Å². The van der Waals surface area contributed by atoms with Gasteiger partial charge in [-0.2, -0.15) is 0 Å². The molecule has 1 aliphatic rings. The zero-order valence-electron chi connectivity index (χ0n) is 15.6. The van der Waals surface area contributed by atoms with E-state index in [9.17, 15) is 14.9 Å². The number of benzene rings is 2. The highest BCUT2D eigenvalue weighted by molar-refractivity contribution is 6.03. The van der Waals surface area contributed by atoms with E-state index in [4.69, 9.17) is 4.74 Å². The lowest BCUT2D eigenvalue weighted by atomic mass is 10.0. The number of rotatable bonds is 4. The van der Waals surface area contributed by atoms with Crippen molar-refractivity contribution in [2.75, 3.05) is 31.2 Å². The maximum Gasteiger partial charge on any atom is 0.269 e. The summed E-state index contributed by atoms with van der Waals surface area (Å²) in [6, 6.07) is 13.8. The number of non-ortho nitro benzene ring substituents is 1. The van der Waals surface area contributed by atoms with Gasteiger partial charge in [0.1, 0.15) is 0 Å². The lowest BCUT2D eigenvalue weighted by Crippen LogP contribution is -2.36. The summed E-state index contributed by atoms with van der Waals surface area (Å²) in [5, 5.41) is 10.7. The van der Waals surface area contributed by atoms with Gasteiger partial charge in [-0.25, -0.2) is 0 Å². The van der Waals surface area contributed by atoms with Crippen molar-refractivity contribution in [2.45, 2.75) is 6.92 Å². The number of ether oxygens (including phenoxy) is 1. The van der Waals surface area contributed by atoms with Crippen LogP contribution in [0.1, 0.15) is 18.1 Å². The lowest BCUT2D eigenvalue weighted by molar-refractivity contribution is -0.384. The average molecular weight is 376 g/mol. The fourth-order valence-corrected chi connectivity index (χ4v) is 2.89. The van der Waals surface area contributed by atoms with Gasteiger partial charge < -0.3 is 9.64 Å². The number of nitrogens with zero attached hydrogens (tertiary/aromatic N) is 2. The Labute approximate surface area is 163 Å². The van der Waals surface area contributed by atoms with Crippen molar-refractivity contribution in [3.8, 4) is 11.8 Å². The van der Waals surface area contributed by atoms with E-state index in [0.717, 1.165) is 24.3 Å². The highest BCUT2D eigenvalue weighted by Crippen LogP contribution is 2.24. The molecule has 1 aliphatic heterocycles. The Morgan fingerprint density at radius 1 is 1.14 bits per heavy atom. The molecule has 28 heavy (non-hydrogen) atoms. The third-order valence-electron chi connectivity index (χ3n) is 4.39. The molecule has 0 aromatic heterocycles. The van der Waals surface area contributed by atoms with E-state index in [2.05, 4.69) is 16.7 Å². The maximum absolute atomic E-state index is 12.1. The summed E-state index contributed by atoms with van der Waals surface area (Å²) in [5.74, 6) is 5.69. The third-order valence-corrected chi connectivity index (χ3v) is 4.39. The number of para-hydroxylation sites is 1. The molecule has 6 nitrogen and oxygen atoms in total. The van der Waals surface area contributed by atoms with Gasteiger partial charge in [0.15, 0.2) is 5.78 Å². The summed E-state index contributed by atoms with van der Waals surface area (Å²) >= 11 is 0. The summed E-state index contributed by atoms with van der Waals surface area (Å²) < 4.78 is 5.42. The molecule has 2 aromatic carbocycles. The summed E-state index contributed by atoms with van der Waals surface area (Å²) in [7, 11) is 0. The molecule has 3 rings (SSSR count). The highest BCUT2D eigenvalue weighted by Gasteiger charge is 2.14. The molecule has 0 N–H and O–H groups in total. The number of carbonyl (C=O) groups excluding carboxylic acids is 1. The number of carbonyl (C=O) groups is 1. The summed E-state index contributed by atoms with van der Waals surface area (Å²) in [6.07, 6.45) is 1.80. The number of nitro groups is 1. The highest BCUT2D eigenvalue weighted by atomic mass is 16.6. The average Bonchev–Trinajstić information content (AvgIpc) is 2.72. The zero-order valence-corrected chi connectivity index (χ0v) is 15.6. The van der Waals surface area contributed by atoms with Crippen molar-refractivity contribution in [1.29, 1.82) is 0 Å². The van der Waals surface area contributed by atoms with Gasteiger partial charge in [-0.05, 0) is 36.8 Å². The van der Waals surface area contributed by atoms with Crippen LogP contribution >= 0.6 is 0 Å². The van der Waals surface area contributed by atoms with Crippen LogP contribution in [0.2, 0.25) is 0 Å². The van der Waals surface area contributed by atoms with Crippen LogP contribution in [-0.2, 0) is 9.53 Å². The Kier molecular flexibility index (Phi) is 6.20. The van der Waals surface area contributed by atoms with Crippen molar-refractivity contribution in [2.24, 2.45) is 0 Å². The monoisotopic (exact) mass is 376 g/mol. The van der Waals surface area contributed by atoms with Gasteiger partial charge in [-0.1, -0.05) is 30.0 Å². The Morgan fingerprint density at radius 2 is 1.82 bits per heavy atom. The Hall–Kier alpha value is -3.43. The minimum Gasteiger partial charge on any atom is -0.378 e. The van der Waals surface area contributed by atoms with Crippen LogP contribution in [0.15, 0.2) is 54.1 Å². The van der Waals surface area contributed by atoms with E-state index in [0.29, 0.717) is 24.4 Å². The number of Topliss-reactive ketones (excluding diaryl/α,β-unsaturated/α-hetero) is 1. The van der Waals surface area contributed by atoms with E-state index in [1.54, 1.807) is 18.2 Å². The van der Waals surface area contributed by atoms with Crippen LogP contribution in [0.25, 0.3) is 6.08 Å². The van der Waals surface area contributed by atoms with E-state index < -0.39 is 4.92 Å². The number of allylic oxidation sites excluding steroid dienone is 1. The first-order valence-electron chi connectivity index (χ1n) is 8.95. The molecule has 1 heterocycles.